The standard InChI is InChI=1S/C16H18N4O5S/c1-25-14-8-7-12(26(17,23)24)9-13(14)16(22)20-19-15(21)10-18-11-5-3-2-4-6-11/h2-9,18H,10H2,1H3,(H,19,21)(H,20,22)(H2,17,23,24). The topological polar surface area (TPSA) is 140 Å². The third-order valence-electron chi connectivity index (χ3n) is 3.29. The Morgan fingerprint density at radius 3 is 2.38 bits per heavy atom. The van der Waals surface area contributed by atoms with E-state index in [2.05, 4.69) is 16.2 Å². The van der Waals surface area contributed by atoms with Gasteiger partial charge in [-0.15, -0.1) is 0 Å². The highest BCUT2D eigenvalue weighted by atomic mass is 32.2. The van der Waals surface area contributed by atoms with E-state index in [0.29, 0.717) is 0 Å². The fourth-order valence-electron chi connectivity index (χ4n) is 2.02. The Morgan fingerprint density at radius 2 is 1.77 bits per heavy atom. The maximum absolute atomic E-state index is 12.2. The molecular formula is C16H18N4O5S. The van der Waals surface area contributed by atoms with Crippen LogP contribution in [0.2, 0.25) is 0 Å². The van der Waals surface area contributed by atoms with E-state index >= 15 is 0 Å². The van der Waals surface area contributed by atoms with Gasteiger partial charge in [0.05, 0.1) is 24.1 Å². The number of rotatable bonds is 6. The van der Waals surface area contributed by atoms with Crippen LogP contribution < -0.4 is 26.0 Å². The summed E-state index contributed by atoms with van der Waals surface area (Å²) >= 11 is 0. The van der Waals surface area contributed by atoms with E-state index in [9.17, 15) is 18.0 Å². The van der Waals surface area contributed by atoms with Crippen molar-refractivity contribution in [2.45, 2.75) is 4.90 Å². The second kappa shape index (κ2) is 8.32. The SMILES string of the molecule is COc1ccc(S(N)(=O)=O)cc1C(=O)NNC(=O)CNc1ccccc1. The molecule has 10 heteroatoms. The van der Waals surface area contributed by atoms with Gasteiger partial charge in [-0.3, -0.25) is 20.4 Å². The number of methoxy groups -OCH3 is 1. The van der Waals surface area contributed by atoms with E-state index in [-0.39, 0.29) is 22.8 Å². The number of ether oxygens (including phenoxy) is 1. The molecule has 0 atom stereocenters. The molecule has 0 spiro atoms. The van der Waals surface area contributed by atoms with Crippen molar-refractivity contribution in [2.75, 3.05) is 19.0 Å². The molecule has 2 amide bonds. The van der Waals surface area contributed by atoms with Crippen molar-refractivity contribution in [1.82, 2.24) is 10.9 Å². The average molecular weight is 378 g/mol. The van der Waals surface area contributed by atoms with Crippen molar-refractivity contribution in [2.24, 2.45) is 5.14 Å². The zero-order valence-corrected chi connectivity index (χ0v) is 14.7. The first kappa shape index (κ1) is 19.2. The number of nitrogens with two attached hydrogens (primary N) is 1. The lowest BCUT2D eigenvalue weighted by atomic mass is 10.2. The second-order valence-electron chi connectivity index (χ2n) is 5.13. The van der Waals surface area contributed by atoms with E-state index in [4.69, 9.17) is 9.88 Å². The monoisotopic (exact) mass is 378 g/mol. The molecule has 0 unspecified atom stereocenters. The molecule has 0 aliphatic heterocycles. The molecule has 26 heavy (non-hydrogen) atoms. The van der Waals surface area contributed by atoms with E-state index in [1.165, 1.54) is 19.2 Å². The first-order valence-corrected chi connectivity index (χ1v) is 8.95. The number of para-hydroxylation sites is 1. The number of hydrazine groups is 1. The van der Waals surface area contributed by atoms with Gasteiger partial charge in [-0.05, 0) is 30.3 Å². The van der Waals surface area contributed by atoms with Gasteiger partial charge < -0.3 is 10.1 Å². The minimum Gasteiger partial charge on any atom is -0.496 e. The molecule has 0 aliphatic carbocycles. The Bertz CT molecular complexity index is 900. The number of hydrogen-bond donors (Lipinski definition) is 4. The Kier molecular flexibility index (Phi) is 6.15. The van der Waals surface area contributed by atoms with E-state index in [0.717, 1.165) is 11.8 Å². The maximum Gasteiger partial charge on any atom is 0.273 e. The van der Waals surface area contributed by atoms with Crippen LogP contribution in [0, 0.1) is 0 Å². The van der Waals surface area contributed by atoms with Crippen molar-refractivity contribution in [3.63, 3.8) is 0 Å². The lowest BCUT2D eigenvalue weighted by molar-refractivity contribution is -0.120. The molecule has 9 nitrogen and oxygen atoms in total. The fourth-order valence-corrected chi connectivity index (χ4v) is 2.56. The predicted molar refractivity (Wildman–Crippen MR) is 94.9 cm³/mol. The number of hydrogen-bond acceptors (Lipinski definition) is 6. The lowest BCUT2D eigenvalue weighted by Gasteiger charge is -2.12. The third kappa shape index (κ3) is 5.19. The van der Waals surface area contributed by atoms with Crippen LogP contribution in [0.25, 0.3) is 0 Å². The van der Waals surface area contributed by atoms with Crippen LogP contribution in [0.15, 0.2) is 53.4 Å². The van der Waals surface area contributed by atoms with E-state index in [1.807, 2.05) is 18.2 Å². The van der Waals surface area contributed by atoms with Crippen LogP contribution >= 0.6 is 0 Å². The number of carbonyl (C=O) groups is 2. The van der Waals surface area contributed by atoms with Crippen LogP contribution in [-0.2, 0) is 14.8 Å². The smallest absolute Gasteiger partial charge is 0.273 e. The van der Waals surface area contributed by atoms with Gasteiger partial charge in [0.1, 0.15) is 5.75 Å². The van der Waals surface area contributed by atoms with Crippen LogP contribution in [0.1, 0.15) is 10.4 Å². The fraction of sp³-hybridized carbons (Fsp3) is 0.125. The van der Waals surface area contributed by atoms with Crippen molar-refractivity contribution < 1.29 is 22.7 Å². The lowest BCUT2D eigenvalue weighted by Crippen LogP contribution is -2.44. The zero-order chi connectivity index (χ0) is 19.2. The Morgan fingerprint density at radius 1 is 1.08 bits per heavy atom. The second-order valence-corrected chi connectivity index (χ2v) is 6.69. The maximum atomic E-state index is 12.2. The van der Waals surface area contributed by atoms with Gasteiger partial charge in [-0.2, -0.15) is 0 Å². The van der Waals surface area contributed by atoms with Crippen LogP contribution in [-0.4, -0.2) is 33.9 Å². The molecule has 0 radical (unpaired) electrons. The molecular weight excluding hydrogens is 360 g/mol. The molecule has 0 fully saturated rings. The van der Waals surface area contributed by atoms with Gasteiger partial charge in [0.2, 0.25) is 10.0 Å². The molecule has 0 heterocycles. The van der Waals surface area contributed by atoms with Gasteiger partial charge in [-0.1, -0.05) is 18.2 Å². The number of benzene rings is 2. The van der Waals surface area contributed by atoms with E-state index in [1.54, 1.807) is 12.1 Å². The molecule has 2 aromatic carbocycles. The summed E-state index contributed by atoms with van der Waals surface area (Å²) in [6.45, 7) is -0.0708. The number of amides is 2. The van der Waals surface area contributed by atoms with Gasteiger partial charge in [0, 0.05) is 5.69 Å². The third-order valence-corrected chi connectivity index (χ3v) is 4.20. The molecule has 5 N–H and O–H groups in total. The molecule has 0 saturated heterocycles. The summed E-state index contributed by atoms with van der Waals surface area (Å²) in [6.07, 6.45) is 0. The quantitative estimate of drug-likeness (QED) is 0.530. The Balaban J connectivity index is 1.99. The van der Waals surface area contributed by atoms with Crippen molar-refractivity contribution in [3.05, 3.63) is 54.1 Å². The first-order chi connectivity index (χ1) is 12.3. The Hall–Kier alpha value is -3.11. The summed E-state index contributed by atoms with van der Waals surface area (Å²) in [4.78, 5) is 23.8. The van der Waals surface area contributed by atoms with Crippen LogP contribution in [0.4, 0.5) is 5.69 Å². The number of carbonyl (C=O) groups excluding carboxylic acids is 2. The zero-order valence-electron chi connectivity index (χ0n) is 13.9. The first-order valence-electron chi connectivity index (χ1n) is 7.40. The number of anilines is 1. The molecule has 2 aromatic rings. The minimum atomic E-state index is -3.99. The highest BCUT2D eigenvalue weighted by Gasteiger charge is 2.17. The van der Waals surface area contributed by atoms with Crippen molar-refractivity contribution in [1.29, 1.82) is 0 Å². The van der Waals surface area contributed by atoms with Gasteiger partial charge >= 0.3 is 0 Å². The summed E-state index contributed by atoms with van der Waals surface area (Å²) in [5.74, 6) is -1.12. The molecule has 0 bridgehead atoms. The number of nitrogens with one attached hydrogen (secondary N) is 3. The molecule has 0 aromatic heterocycles. The predicted octanol–water partition coefficient (Wildman–Crippen LogP) is 0.216. The Labute approximate surface area is 150 Å². The van der Waals surface area contributed by atoms with Gasteiger partial charge in [0.15, 0.2) is 0 Å². The molecule has 2 rings (SSSR count). The molecule has 0 saturated carbocycles. The van der Waals surface area contributed by atoms with Crippen molar-refractivity contribution >= 4 is 27.5 Å². The largest absolute Gasteiger partial charge is 0.496 e. The highest BCUT2D eigenvalue weighted by molar-refractivity contribution is 7.89. The van der Waals surface area contributed by atoms with Crippen LogP contribution in [0.5, 0.6) is 5.75 Å². The summed E-state index contributed by atoms with van der Waals surface area (Å²) < 4.78 is 27.9. The molecule has 138 valence electrons. The minimum absolute atomic E-state index is 0.0708. The normalized spacial score (nSPS) is 10.7. The average Bonchev–Trinajstić information content (AvgIpc) is 2.64. The number of primary sulfonamides is 1. The summed E-state index contributed by atoms with van der Waals surface area (Å²) in [5.41, 5.74) is 5.08. The van der Waals surface area contributed by atoms with Crippen LogP contribution in [0.3, 0.4) is 0 Å². The number of sulfonamides is 1. The highest BCUT2D eigenvalue weighted by Crippen LogP contribution is 2.21. The van der Waals surface area contributed by atoms with Gasteiger partial charge in [0.25, 0.3) is 11.8 Å². The van der Waals surface area contributed by atoms with Crippen molar-refractivity contribution in [3.8, 4) is 5.75 Å². The van der Waals surface area contributed by atoms with E-state index < -0.39 is 21.8 Å². The molecule has 0 aliphatic rings. The summed E-state index contributed by atoms with van der Waals surface area (Å²) in [6, 6.07) is 12.6. The van der Waals surface area contributed by atoms with Gasteiger partial charge in [-0.25, -0.2) is 13.6 Å². The summed E-state index contributed by atoms with van der Waals surface area (Å²) in [5, 5.41) is 7.93. The summed E-state index contributed by atoms with van der Waals surface area (Å²) in [7, 11) is -2.66.